The molecular weight excluding hydrogens is 272 g/mol. The number of nitriles is 1. The van der Waals surface area contributed by atoms with E-state index in [9.17, 15) is 4.79 Å². The molecular formula is C14H16N4O3. The Kier molecular flexibility index (Phi) is 5.10. The van der Waals surface area contributed by atoms with Crippen LogP contribution >= 0.6 is 0 Å². The normalized spacial score (nSPS) is 21.7. The maximum Gasteiger partial charge on any atom is 0.404 e. The van der Waals surface area contributed by atoms with Gasteiger partial charge in [-0.2, -0.15) is 5.26 Å². The molecule has 2 N–H and O–H groups in total. The van der Waals surface area contributed by atoms with Crippen LogP contribution in [0.15, 0.2) is 23.5 Å². The molecule has 1 heterocycles. The molecule has 0 bridgehead atoms. The van der Waals surface area contributed by atoms with Gasteiger partial charge >= 0.3 is 6.09 Å². The Hall–Kier alpha value is -2.62. The van der Waals surface area contributed by atoms with Crippen molar-refractivity contribution in [2.45, 2.75) is 37.8 Å². The molecule has 0 atom stereocenters. The molecule has 0 saturated heterocycles. The van der Waals surface area contributed by atoms with Gasteiger partial charge in [0.1, 0.15) is 12.2 Å². The summed E-state index contributed by atoms with van der Waals surface area (Å²) in [5, 5.41) is 23.7. The fraction of sp³-hybridized carbons (Fsp3) is 0.429. The molecule has 1 aromatic heterocycles. The Morgan fingerprint density at radius 3 is 2.81 bits per heavy atom. The van der Waals surface area contributed by atoms with Crippen LogP contribution in [0.1, 0.15) is 36.9 Å². The standard InChI is InChI=1S/C14H16N4O3/c15-7-10-1-2-12(16-8-10)9-17-21-13-5-3-11(4-6-13)18-14(19)20/h1-2,8-9,11,13,18H,3-6H2,(H,19,20). The van der Waals surface area contributed by atoms with Crippen LogP contribution in [-0.2, 0) is 4.84 Å². The third kappa shape index (κ3) is 4.76. The highest BCUT2D eigenvalue weighted by atomic mass is 16.6. The van der Waals surface area contributed by atoms with Crippen LogP contribution in [0.5, 0.6) is 0 Å². The second-order valence-electron chi connectivity index (χ2n) is 4.85. The molecule has 0 spiro atoms. The van der Waals surface area contributed by atoms with Gasteiger partial charge in [0.05, 0.1) is 17.5 Å². The Bertz CT molecular complexity index is 542. The third-order valence-corrected chi connectivity index (χ3v) is 3.31. The first kappa shape index (κ1) is 14.8. The first-order valence-electron chi connectivity index (χ1n) is 6.72. The maximum absolute atomic E-state index is 10.5. The van der Waals surface area contributed by atoms with Gasteiger partial charge in [0.25, 0.3) is 0 Å². The zero-order chi connectivity index (χ0) is 15.1. The lowest BCUT2D eigenvalue weighted by atomic mass is 9.93. The number of hydrogen-bond donors (Lipinski definition) is 2. The van der Waals surface area contributed by atoms with E-state index in [1.165, 1.54) is 12.4 Å². The summed E-state index contributed by atoms with van der Waals surface area (Å²) in [6, 6.07) is 5.36. The lowest BCUT2D eigenvalue weighted by Gasteiger charge is -2.26. The second-order valence-corrected chi connectivity index (χ2v) is 4.85. The molecule has 0 radical (unpaired) electrons. The molecule has 7 nitrogen and oxygen atoms in total. The number of aromatic nitrogens is 1. The van der Waals surface area contributed by atoms with Crippen LogP contribution in [0.2, 0.25) is 0 Å². The van der Waals surface area contributed by atoms with Gasteiger partial charge in [-0.3, -0.25) is 4.98 Å². The van der Waals surface area contributed by atoms with Crippen molar-refractivity contribution in [2.24, 2.45) is 5.16 Å². The number of carboxylic acid groups (broad SMARTS) is 1. The molecule has 1 saturated carbocycles. The Labute approximate surface area is 122 Å². The van der Waals surface area contributed by atoms with E-state index in [-0.39, 0.29) is 12.1 Å². The van der Waals surface area contributed by atoms with Crippen molar-refractivity contribution in [1.82, 2.24) is 10.3 Å². The second kappa shape index (κ2) is 7.24. The topological polar surface area (TPSA) is 108 Å². The number of nitrogens with one attached hydrogen (secondary N) is 1. The van der Waals surface area contributed by atoms with Gasteiger partial charge in [-0.1, -0.05) is 5.16 Å². The summed E-state index contributed by atoms with van der Waals surface area (Å²) in [5.41, 5.74) is 1.12. The lowest BCUT2D eigenvalue weighted by Crippen LogP contribution is -2.37. The highest BCUT2D eigenvalue weighted by Crippen LogP contribution is 2.21. The van der Waals surface area contributed by atoms with Gasteiger partial charge in [0, 0.05) is 12.2 Å². The largest absolute Gasteiger partial charge is 0.465 e. The summed E-state index contributed by atoms with van der Waals surface area (Å²) >= 11 is 0. The van der Waals surface area contributed by atoms with E-state index in [1.807, 2.05) is 6.07 Å². The summed E-state index contributed by atoms with van der Waals surface area (Å²) in [7, 11) is 0. The number of oxime groups is 1. The molecule has 2 rings (SSSR count). The predicted molar refractivity (Wildman–Crippen MR) is 74.8 cm³/mol. The van der Waals surface area contributed by atoms with E-state index >= 15 is 0 Å². The zero-order valence-electron chi connectivity index (χ0n) is 11.4. The molecule has 1 aromatic rings. The number of carbonyl (C=O) groups is 1. The van der Waals surface area contributed by atoms with Crippen LogP contribution in [0.3, 0.4) is 0 Å². The van der Waals surface area contributed by atoms with E-state index in [4.69, 9.17) is 15.2 Å². The molecule has 0 aromatic carbocycles. The summed E-state index contributed by atoms with van der Waals surface area (Å²) in [5.74, 6) is 0. The number of amides is 1. The Balaban J connectivity index is 1.75. The number of pyridine rings is 1. The molecule has 1 aliphatic rings. The molecule has 1 fully saturated rings. The van der Waals surface area contributed by atoms with Gasteiger partial charge in [-0.15, -0.1) is 0 Å². The number of hydrogen-bond acceptors (Lipinski definition) is 5. The van der Waals surface area contributed by atoms with Crippen molar-refractivity contribution in [3.8, 4) is 6.07 Å². The SMILES string of the molecule is N#Cc1ccc(C=NOC2CCC(NC(=O)O)CC2)nc1. The van der Waals surface area contributed by atoms with Crippen molar-refractivity contribution in [1.29, 1.82) is 5.26 Å². The summed E-state index contributed by atoms with van der Waals surface area (Å²) < 4.78 is 0. The minimum atomic E-state index is -0.982. The van der Waals surface area contributed by atoms with E-state index in [0.29, 0.717) is 11.3 Å². The molecule has 110 valence electrons. The summed E-state index contributed by atoms with van der Waals surface area (Å²) in [6.45, 7) is 0. The van der Waals surface area contributed by atoms with Gasteiger partial charge in [-0.25, -0.2) is 4.79 Å². The minimum Gasteiger partial charge on any atom is -0.465 e. The molecule has 1 amide bonds. The fourth-order valence-corrected chi connectivity index (χ4v) is 2.21. The highest BCUT2D eigenvalue weighted by molar-refractivity contribution is 5.76. The minimum absolute atomic E-state index is 0.00600. The highest BCUT2D eigenvalue weighted by Gasteiger charge is 2.23. The van der Waals surface area contributed by atoms with Crippen LogP contribution in [0.25, 0.3) is 0 Å². The maximum atomic E-state index is 10.5. The van der Waals surface area contributed by atoms with Crippen molar-refractivity contribution in [3.05, 3.63) is 29.6 Å². The van der Waals surface area contributed by atoms with Gasteiger partial charge in [-0.05, 0) is 37.8 Å². The molecule has 7 heteroatoms. The van der Waals surface area contributed by atoms with E-state index in [0.717, 1.165) is 25.7 Å². The van der Waals surface area contributed by atoms with E-state index in [2.05, 4.69) is 15.5 Å². The monoisotopic (exact) mass is 288 g/mol. The average Bonchev–Trinajstić information content (AvgIpc) is 2.49. The van der Waals surface area contributed by atoms with Gasteiger partial charge in [0.15, 0.2) is 0 Å². The Morgan fingerprint density at radius 2 is 2.24 bits per heavy atom. The summed E-state index contributed by atoms with van der Waals surface area (Å²) in [4.78, 5) is 20.0. The third-order valence-electron chi connectivity index (χ3n) is 3.31. The molecule has 1 aliphatic carbocycles. The van der Waals surface area contributed by atoms with Crippen molar-refractivity contribution >= 4 is 12.3 Å². The fourth-order valence-electron chi connectivity index (χ4n) is 2.21. The quantitative estimate of drug-likeness (QED) is 0.649. The van der Waals surface area contributed by atoms with Gasteiger partial charge in [0.2, 0.25) is 0 Å². The van der Waals surface area contributed by atoms with Crippen molar-refractivity contribution in [2.75, 3.05) is 0 Å². The van der Waals surface area contributed by atoms with E-state index < -0.39 is 6.09 Å². The first-order valence-corrected chi connectivity index (χ1v) is 6.72. The van der Waals surface area contributed by atoms with E-state index in [1.54, 1.807) is 12.1 Å². The predicted octanol–water partition coefficient (Wildman–Crippen LogP) is 1.88. The smallest absolute Gasteiger partial charge is 0.404 e. The molecule has 0 aliphatic heterocycles. The van der Waals surface area contributed by atoms with Crippen LogP contribution in [0, 0.1) is 11.3 Å². The van der Waals surface area contributed by atoms with Crippen molar-refractivity contribution in [3.63, 3.8) is 0 Å². The molecule has 0 unspecified atom stereocenters. The zero-order valence-corrected chi connectivity index (χ0v) is 11.4. The molecule has 21 heavy (non-hydrogen) atoms. The van der Waals surface area contributed by atoms with Crippen molar-refractivity contribution < 1.29 is 14.7 Å². The average molecular weight is 288 g/mol. The Morgan fingerprint density at radius 1 is 1.48 bits per heavy atom. The number of rotatable bonds is 4. The number of nitrogens with zero attached hydrogens (tertiary/aromatic N) is 3. The first-order chi connectivity index (χ1) is 10.2. The summed E-state index contributed by atoms with van der Waals surface area (Å²) in [6.07, 6.45) is 5.04. The lowest BCUT2D eigenvalue weighted by molar-refractivity contribution is 0.0277. The van der Waals surface area contributed by atoms with Crippen LogP contribution in [0.4, 0.5) is 4.79 Å². The van der Waals surface area contributed by atoms with Gasteiger partial charge < -0.3 is 15.3 Å². The van der Waals surface area contributed by atoms with Crippen LogP contribution < -0.4 is 5.32 Å². The van der Waals surface area contributed by atoms with Crippen LogP contribution in [-0.4, -0.2) is 34.5 Å².